The number of carbonyl (C=O) groups is 4. The monoisotopic (exact) mass is 660 g/mol. The molecule has 254 valence electrons. The van der Waals surface area contributed by atoms with Crippen LogP contribution in [0.15, 0.2) is 42.5 Å². The molecule has 0 saturated heterocycles. The second kappa shape index (κ2) is 14.1. The van der Waals surface area contributed by atoms with Gasteiger partial charge < -0.3 is 26.0 Å². The van der Waals surface area contributed by atoms with Crippen molar-refractivity contribution in [2.24, 2.45) is 11.8 Å². The standard InChI is InChI=1S/C34H40F4N4O5/c1-5-18(3)27(40-26(43)16-20-10-7-8-13-24(20)35)30(44)42-33(32(47)41-28(31(45)46)19(4)6-2)15-14-25-22(17-33)21-11-9-12-23(29(21)39-25)34(36,37)38/h7-13,18-19,27-28,39H,5-6,14-17H2,1-4H3,(H,40,43)(H,41,47)(H,42,44)(H,45,46)/t18?,19?,27-,28-,33+/m0/s1. The Hall–Kier alpha value is -4.42. The molecule has 1 aromatic heterocycles. The Morgan fingerprint density at radius 1 is 0.957 bits per heavy atom. The maximum atomic E-state index is 14.2. The summed E-state index contributed by atoms with van der Waals surface area (Å²) in [6.45, 7) is 6.95. The molecule has 1 heterocycles. The molecule has 0 saturated carbocycles. The maximum Gasteiger partial charge on any atom is 0.418 e. The highest BCUT2D eigenvalue weighted by atomic mass is 19.4. The van der Waals surface area contributed by atoms with Crippen molar-refractivity contribution in [1.29, 1.82) is 0 Å². The second-order valence-electron chi connectivity index (χ2n) is 12.4. The fourth-order valence-electron chi connectivity index (χ4n) is 6.08. The molecule has 2 unspecified atom stereocenters. The first kappa shape index (κ1) is 35.4. The van der Waals surface area contributed by atoms with Gasteiger partial charge in [0.2, 0.25) is 17.7 Å². The zero-order valence-electron chi connectivity index (χ0n) is 26.7. The lowest BCUT2D eigenvalue weighted by atomic mass is 9.78. The number of hydrogen-bond acceptors (Lipinski definition) is 4. The van der Waals surface area contributed by atoms with Crippen LogP contribution in [-0.2, 0) is 44.6 Å². The van der Waals surface area contributed by atoms with Crippen molar-refractivity contribution in [3.8, 4) is 0 Å². The smallest absolute Gasteiger partial charge is 0.418 e. The minimum absolute atomic E-state index is 0.0605. The number of carboxylic acids is 1. The number of benzene rings is 2. The number of carbonyl (C=O) groups excluding carboxylic acids is 3. The summed E-state index contributed by atoms with van der Waals surface area (Å²) in [7, 11) is 0. The van der Waals surface area contributed by atoms with Crippen LogP contribution in [0.25, 0.3) is 10.9 Å². The van der Waals surface area contributed by atoms with Crippen molar-refractivity contribution in [1.82, 2.24) is 20.9 Å². The number of aromatic amines is 1. The van der Waals surface area contributed by atoms with E-state index < -0.39 is 70.7 Å². The summed E-state index contributed by atoms with van der Waals surface area (Å²) < 4.78 is 55.9. The first-order valence-electron chi connectivity index (χ1n) is 15.7. The molecule has 0 bridgehead atoms. The van der Waals surface area contributed by atoms with Gasteiger partial charge in [-0.1, -0.05) is 70.9 Å². The third-order valence-electron chi connectivity index (χ3n) is 9.30. The predicted octanol–water partition coefficient (Wildman–Crippen LogP) is 5.06. The Morgan fingerprint density at radius 2 is 1.62 bits per heavy atom. The molecule has 5 N–H and O–H groups in total. The summed E-state index contributed by atoms with van der Waals surface area (Å²) in [5.74, 6) is -4.92. The normalized spacial score (nSPS) is 18.8. The van der Waals surface area contributed by atoms with Gasteiger partial charge in [0.1, 0.15) is 23.4 Å². The molecule has 0 radical (unpaired) electrons. The maximum absolute atomic E-state index is 14.2. The molecule has 2 aromatic carbocycles. The van der Waals surface area contributed by atoms with E-state index in [9.17, 15) is 41.8 Å². The summed E-state index contributed by atoms with van der Waals surface area (Å²) in [5, 5.41) is 18.2. The van der Waals surface area contributed by atoms with Gasteiger partial charge in [-0.3, -0.25) is 14.4 Å². The number of hydrogen-bond donors (Lipinski definition) is 5. The zero-order chi connectivity index (χ0) is 34.7. The molecular weight excluding hydrogens is 620 g/mol. The van der Waals surface area contributed by atoms with E-state index in [4.69, 9.17) is 0 Å². The summed E-state index contributed by atoms with van der Waals surface area (Å²) in [6, 6.07) is 7.00. The van der Waals surface area contributed by atoms with Gasteiger partial charge in [-0.2, -0.15) is 13.2 Å². The Balaban J connectivity index is 1.72. The average molecular weight is 661 g/mol. The van der Waals surface area contributed by atoms with E-state index >= 15 is 0 Å². The fraction of sp³-hybridized carbons (Fsp3) is 0.471. The van der Waals surface area contributed by atoms with Crippen molar-refractivity contribution in [2.75, 3.05) is 0 Å². The van der Waals surface area contributed by atoms with Crippen molar-refractivity contribution in [3.05, 3.63) is 70.7 Å². The second-order valence-corrected chi connectivity index (χ2v) is 12.4. The number of aromatic nitrogens is 1. The highest BCUT2D eigenvalue weighted by Gasteiger charge is 2.47. The Morgan fingerprint density at radius 3 is 2.23 bits per heavy atom. The molecule has 1 aliphatic rings. The van der Waals surface area contributed by atoms with E-state index in [1.807, 2.05) is 0 Å². The lowest BCUT2D eigenvalue weighted by molar-refractivity contribution is -0.145. The van der Waals surface area contributed by atoms with Crippen molar-refractivity contribution in [2.45, 2.75) is 90.0 Å². The fourth-order valence-corrected chi connectivity index (χ4v) is 6.08. The number of amides is 3. The van der Waals surface area contributed by atoms with Crippen LogP contribution in [-0.4, -0.2) is 51.4 Å². The highest BCUT2D eigenvalue weighted by Crippen LogP contribution is 2.40. The van der Waals surface area contributed by atoms with Crippen molar-refractivity contribution < 1.29 is 41.8 Å². The minimum Gasteiger partial charge on any atom is -0.480 e. The Bertz CT molecular complexity index is 1650. The summed E-state index contributed by atoms with van der Waals surface area (Å²) in [6.07, 6.45) is -4.34. The average Bonchev–Trinajstić information content (AvgIpc) is 3.39. The number of aryl methyl sites for hydroxylation is 1. The first-order chi connectivity index (χ1) is 22.1. The van der Waals surface area contributed by atoms with Crippen LogP contribution in [0, 0.1) is 17.7 Å². The number of H-pyrrole nitrogens is 1. The van der Waals surface area contributed by atoms with Gasteiger partial charge >= 0.3 is 12.1 Å². The summed E-state index contributed by atoms with van der Waals surface area (Å²) in [5.41, 5.74) is -1.79. The Labute approximate surface area is 269 Å². The predicted molar refractivity (Wildman–Crippen MR) is 167 cm³/mol. The molecular formula is C34H40F4N4O5. The number of fused-ring (bicyclic) bond motifs is 3. The van der Waals surface area contributed by atoms with Crippen molar-refractivity contribution in [3.63, 3.8) is 0 Å². The summed E-state index contributed by atoms with van der Waals surface area (Å²) in [4.78, 5) is 56.2. The van der Waals surface area contributed by atoms with E-state index in [-0.39, 0.29) is 42.1 Å². The molecule has 0 spiro atoms. The van der Waals surface area contributed by atoms with E-state index in [2.05, 4.69) is 20.9 Å². The Kier molecular flexibility index (Phi) is 10.7. The molecule has 0 aliphatic heterocycles. The zero-order valence-corrected chi connectivity index (χ0v) is 26.7. The van der Waals surface area contributed by atoms with Crippen LogP contribution in [0.5, 0.6) is 0 Å². The van der Waals surface area contributed by atoms with Gasteiger partial charge in [0.05, 0.1) is 17.5 Å². The van der Waals surface area contributed by atoms with Gasteiger partial charge in [-0.25, -0.2) is 9.18 Å². The molecule has 5 atom stereocenters. The first-order valence-corrected chi connectivity index (χ1v) is 15.7. The van der Waals surface area contributed by atoms with E-state index in [1.165, 1.54) is 30.3 Å². The van der Waals surface area contributed by atoms with Gasteiger partial charge in [-0.15, -0.1) is 0 Å². The quantitative estimate of drug-likeness (QED) is 0.173. The molecule has 47 heavy (non-hydrogen) atoms. The number of rotatable bonds is 12. The molecule has 1 aliphatic carbocycles. The largest absolute Gasteiger partial charge is 0.480 e. The minimum atomic E-state index is -4.65. The highest BCUT2D eigenvalue weighted by molar-refractivity contribution is 5.98. The summed E-state index contributed by atoms with van der Waals surface area (Å²) >= 11 is 0. The number of carboxylic acid groups (broad SMARTS) is 1. The van der Waals surface area contributed by atoms with Gasteiger partial charge in [0.25, 0.3) is 0 Å². The number of halogens is 4. The number of nitrogens with one attached hydrogen (secondary N) is 4. The third-order valence-corrected chi connectivity index (χ3v) is 9.30. The lowest BCUT2D eigenvalue weighted by Gasteiger charge is -2.39. The van der Waals surface area contributed by atoms with Crippen LogP contribution in [0.4, 0.5) is 17.6 Å². The topological polar surface area (TPSA) is 140 Å². The molecule has 9 nitrogen and oxygen atoms in total. The lowest BCUT2D eigenvalue weighted by Crippen LogP contribution is -2.66. The van der Waals surface area contributed by atoms with E-state index in [0.29, 0.717) is 24.1 Å². The van der Waals surface area contributed by atoms with Gasteiger partial charge in [0.15, 0.2) is 0 Å². The third kappa shape index (κ3) is 7.60. The van der Waals surface area contributed by atoms with Crippen LogP contribution in [0.2, 0.25) is 0 Å². The van der Waals surface area contributed by atoms with Crippen LogP contribution >= 0.6 is 0 Å². The molecule has 3 aromatic rings. The molecule has 3 amide bonds. The molecule has 4 rings (SSSR count). The number of aliphatic carboxylic acids is 1. The van der Waals surface area contributed by atoms with Crippen LogP contribution < -0.4 is 16.0 Å². The van der Waals surface area contributed by atoms with E-state index in [1.54, 1.807) is 33.8 Å². The number of alkyl halides is 3. The molecule has 13 heteroatoms. The van der Waals surface area contributed by atoms with Crippen LogP contribution in [0.3, 0.4) is 0 Å². The van der Waals surface area contributed by atoms with E-state index in [0.717, 1.165) is 6.07 Å². The SMILES string of the molecule is CCC(C)[C@H](NC(=O)[C@@]1(NC(=O)[C@@H](NC(=O)Cc2ccccc2F)C(C)CC)CCc2[nH]c3c(C(F)(F)F)cccc3c2C1)C(=O)O. The number of para-hydroxylation sites is 1. The van der Waals surface area contributed by atoms with Crippen LogP contribution in [0.1, 0.15) is 69.3 Å². The van der Waals surface area contributed by atoms with Gasteiger partial charge in [0, 0.05) is 17.5 Å². The molecule has 0 fully saturated rings. The van der Waals surface area contributed by atoms with Crippen molar-refractivity contribution >= 4 is 34.6 Å². The van der Waals surface area contributed by atoms with Gasteiger partial charge in [-0.05, 0) is 47.9 Å².